The van der Waals surface area contributed by atoms with E-state index in [0.29, 0.717) is 0 Å². The van der Waals surface area contributed by atoms with Crippen LogP contribution in [-0.4, -0.2) is 9.13 Å². The van der Waals surface area contributed by atoms with Crippen LogP contribution in [0.4, 0.5) is 0 Å². The van der Waals surface area contributed by atoms with Crippen molar-refractivity contribution in [3.05, 3.63) is 182 Å². The lowest BCUT2D eigenvalue weighted by molar-refractivity contribution is 0.827. The molecule has 2 nitrogen and oxygen atoms in total. The van der Waals surface area contributed by atoms with Crippen LogP contribution in [0.3, 0.4) is 0 Å². The number of fused-ring (bicyclic) bond motifs is 11. The Labute approximate surface area is 336 Å². The fraction of sp³-hybridized carbons (Fsp3) is 0.0714. The molecule has 0 unspecified atom stereocenters. The zero-order valence-electron chi connectivity index (χ0n) is 32.6. The Morgan fingerprint density at radius 1 is 0.293 bits per heavy atom. The van der Waals surface area contributed by atoms with Gasteiger partial charge in [0.2, 0.25) is 0 Å². The molecule has 0 saturated heterocycles. The molecule has 274 valence electrons. The molecule has 0 amide bonds. The monoisotopic (exact) mass is 740 g/mol. The minimum atomic E-state index is 0.931. The van der Waals surface area contributed by atoms with Gasteiger partial charge in [0.15, 0.2) is 0 Å². The second-order valence-corrected chi connectivity index (χ2v) is 15.7. The highest BCUT2D eigenvalue weighted by Crippen LogP contribution is 2.47. The van der Waals surface area contributed by atoms with Gasteiger partial charge in [-0.05, 0) is 139 Å². The summed E-state index contributed by atoms with van der Waals surface area (Å²) in [5.41, 5.74) is 12.6. The molecular formula is C56H40N2. The van der Waals surface area contributed by atoms with Crippen molar-refractivity contribution in [3.8, 4) is 33.4 Å². The molecule has 0 radical (unpaired) electrons. The molecule has 2 aromatic heterocycles. The van der Waals surface area contributed by atoms with Crippen LogP contribution in [0.25, 0.3) is 120 Å². The summed E-state index contributed by atoms with van der Waals surface area (Å²) in [6.45, 7) is 6.34. The standard InChI is InChI=1S/C56H40N2/c1-3-57-52-25-11-9-19-43(52)49-31-36(27-29-54(49)57)39-21-13-23-45-47(39)34-48-40(37-28-30-55-50(32-37)44-20-10-12-26-53(44)58(55)4-2)22-14-24-46(48)56(45)51-33-35-15-5-6-16-38(35)41-17-7-8-18-42(41)51/h5-34H,3-4H2,1-2H3. The van der Waals surface area contributed by atoms with E-state index in [1.807, 2.05) is 0 Å². The lowest BCUT2D eigenvalue weighted by Crippen LogP contribution is -1.93. The Bertz CT molecular complexity index is 3470. The Morgan fingerprint density at radius 2 is 0.741 bits per heavy atom. The number of rotatable bonds is 5. The molecule has 2 heterocycles. The van der Waals surface area contributed by atoms with E-state index >= 15 is 0 Å². The Kier molecular flexibility index (Phi) is 7.22. The lowest BCUT2D eigenvalue weighted by Gasteiger charge is -2.19. The third kappa shape index (κ3) is 4.66. The number of para-hydroxylation sites is 2. The normalized spacial score (nSPS) is 12.1. The summed E-state index contributed by atoms with van der Waals surface area (Å²) in [4.78, 5) is 0. The Morgan fingerprint density at radius 3 is 1.29 bits per heavy atom. The van der Waals surface area contributed by atoms with Crippen LogP contribution in [-0.2, 0) is 13.1 Å². The van der Waals surface area contributed by atoms with E-state index < -0.39 is 0 Å². The fourth-order valence-corrected chi connectivity index (χ4v) is 10.3. The van der Waals surface area contributed by atoms with E-state index in [-0.39, 0.29) is 0 Å². The van der Waals surface area contributed by atoms with Crippen LogP contribution < -0.4 is 0 Å². The van der Waals surface area contributed by atoms with Gasteiger partial charge in [-0.15, -0.1) is 0 Å². The molecular weight excluding hydrogens is 701 g/mol. The number of hydrogen-bond donors (Lipinski definition) is 0. The summed E-state index contributed by atoms with van der Waals surface area (Å²) in [6, 6.07) is 68.5. The van der Waals surface area contributed by atoms with Gasteiger partial charge in [0.1, 0.15) is 0 Å². The maximum absolute atomic E-state index is 2.49. The van der Waals surface area contributed by atoms with Crippen LogP contribution in [0, 0.1) is 0 Å². The number of aromatic nitrogens is 2. The topological polar surface area (TPSA) is 9.86 Å². The van der Waals surface area contributed by atoms with Crippen molar-refractivity contribution in [1.82, 2.24) is 9.13 Å². The molecule has 0 fully saturated rings. The predicted octanol–water partition coefficient (Wildman–Crippen LogP) is 15.6. The van der Waals surface area contributed by atoms with E-state index in [2.05, 4.69) is 205 Å². The van der Waals surface area contributed by atoms with Crippen molar-refractivity contribution in [2.75, 3.05) is 0 Å². The van der Waals surface area contributed by atoms with Crippen LogP contribution >= 0.6 is 0 Å². The Balaban J connectivity index is 1.21. The second kappa shape index (κ2) is 12.7. The number of aryl methyl sites for hydroxylation is 2. The summed E-state index contributed by atoms with van der Waals surface area (Å²) in [5.74, 6) is 0. The SMILES string of the molecule is CCn1c2ccccc2c2cc(-c3cccc4c(-c5cc6ccccc6c6ccccc56)c5cccc(-c6ccc7c(c6)c6ccccc6n7CC)c5cc34)ccc21. The maximum Gasteiger partial charge on any atom is 0.0491 e. The Hall–Kier alpha value is -7.16. The largest absolute Gasteiger partial charge is 0.341 e. The average Bonchev–Trinajstić information content (AvgIpc) is 3.78. The smallest absolute Gasteiger partial charge is 0.0491 e. The highest BCUT2D eigenvalue weighted by molar-refractivity contribution is 6.25. The van der Waals surface area contributed by atoms with E-state index in [4.69, 9.17) is 0 Å². The summed E-state index contributed by atoms with van der Waals surface area (Å²) >= 11 is 0. The van der Waals surface area contributed by atoms with Gasteiger partial charge in [0, 0.05) is 56.7 Å². The molecule has 58 heavy (non-hydrogen) atoms. The number of benzene rings is 10. The molecule has 12 rings (SSSR count). The molecule has 0 aliphatic carbocycles. The zero-order valence-corrected chi connectivity index (χ0v) is 32.6. The van der Waals surface area contributed by atoms with Crippen molar-refractivity contribution in [2.24, 2.45) is 0 Å². The van der Waals surface area contributed by atoms with Crippen molar-refractivity contribution in [1.29, 1.82) is 0 Å². The van der Waals surface area contributed by atoms with Gasteiger partial charge in [-0.2, -0.15) is 0 Å². The predicted molar refractivity (Wildman–Crippen MR) is 250 cm³/mol. The number of nitrogens with zero attached hydrogens (tertiary/aromatic N) is 2. The van der Waals surface area contributed by atoms with Crippen molar-refractivity contribution in [3.63, 3.8) is 0 Å². The third-order valence-corrected chi connectivity index (χ3v) is 12.9. The summed E-state index contributed by atoms with van der Waals surface area (Å²) in [6.07, 6.45) is 0. The quantitative estimate of drug-likeness (QED) is 0.123. The van der Waals surface area contributed by atoms with Gasteiger partial charge in [-0.25, -0.2) is 0 Å². The van der Waals surface area contributed by atoms with Gasteiger partial charge in [0.25, 0.3) is 0 Å². The molecule has 0 saturated carbocycles. The van der Waals surface area contributed by atoms with Gasteiger partial charge in [-0.3, -0.25) is 0 Å². The molecule has 0 aliphatic heterocycles. The second-order valence-electron chi connectivity index (χ2n) is 15.7. The van der Waals surface area contributed by atoms with E-state index in [9.17, 15) is 0 Å². The highest BCUT2D eigenvalue weighted by Gasteiger charge is 2.20. The average molecular weight is 741 g/mol. The third-order valence-electron chi connectivity index (χ3n) is 12.9. The van der Waals surface area contributed by atoms with Crippen molar-refractivity contribution >= 4 is 86.7 Å². The van der Waals surface area contributed by atoms with Gasteiger partial charge in [0.05, 0.1) is 0 Å². The number of hydrogen-bond acceptors (Lipinski definition) is 0. The molecule has 10 aromatic carbocycles. The van der Waals surface area contributed by atoms with Crippen LogP contribution in [0.15, 0.2) is 182 Å². The maximum atomic E-state index is 2.49. The van der Waals surface area contributed by atoms with Crippen molar-refractivity contribution in [2.45, 2.75) is 26.9 Å². The van der Waals surface area contributed by atoms with Gasteiger partial charge >= 0.3 is 0 Å². The van der Waals surface area contributed by atoms with E-state index in [1.165, 1.54) is 120 Å². The first-order valence-electron chi connectivity index (χ1n) is 20.6. The van der Waals surface area contributed by atoms with E-state index in [0.717, 1.165) is 13.1 Å². The van der Waals surface area contributed by atoms with Crippen LogP contribution in [0.1, 0.15) is 13.8 Å². The van der Waals surface area contributed by atoms with Crippen molar-refractivity contribution < 1.29 is 0 Å². The minimum Gasteiger partial charge on any atom is -0.341 e. The lowest BCUT2D eigenvalue weighted by atomic mass is 9.84. The molecule has 0 bridgehead atoms. The van der Waals surface area contributed by atoms with E-state index in [1.54, 1.807) is 0 Å². The first-order chi connectivity index (χ1) is 28.7. The fourth-order valence-electron chi connectivity index (χ4n) is 10.3. The summed E-state index contributed by atoms with van der Waals surface area (Å²) in [5, 5.41) is 15.3. The molecule has 0 spiro atoms. The summed E-state index contributed by atoms with van der Waals surface area (Å²) in [7, 11) is 0. The van der Waals surface area contributed by atoms with Gasteiger partial charge in [-0.1, -0.05) is 133 Å². The molecule has 0 aliphatic rings. The first-order valence-corrected chi connectivity index (χ1v) is 20.6. The highest BCUT2D eigenvalue weighted by atomic mass is 15.0. The molecule has 2 heteroatoms. The molecule has 12 aromatic rings. The van der Waals surface area contributed by atoms with Gasteiger partial charge < -0.3 is 9.13 Å². The first kappa shape index (κ1) is 33.0. The van der Waals surface area contributed by atoms with Crippen LogP contribution in [0.5, 0.6) is 0 Å². The zero-order chi connectivity index (χ0) is 38.5. The molecule has 0 atom stereocenters. The van der Waals surface area contributed by atoms with Crippen LogP contribution in [0.2, 0.25) is 0 Å². The summed E-state index contributed by atoms with van der Waals surface area (Å²) < 4.78 is 4.88. The molecule has 0 N–H and O–H groups in total. The minimum absolute atomic E-state index is 0.931.